The van der Waals surface area contributed by atoms with Gasteiger partial charge in [-0.25, -0.2) is 4.79 Å². The molecule has 0 atom stereocenters. The molecule has 0 heterocycles. The lowest BCUT2D eigenvalue weighted by Gasteiger charge is -2.16. The first kappa shape index (κ1) is 21.2. The second-order valence-electron chi connectivity index (χ2n) is 7.23. The van der Waals surface area contributed by atoms with Gasteiger partial charge in [0, 0.05) is 17.1 Å². The molecule has 0 saturated carbocycles. The summed E-state index contributed by atoms with van der Waals surface area (Å²) in [5.41, 5.74) is 10.4. The summed E-state index contributed by atoms with van der Waals surface area (Å²) in [6.45, 7) is 4.29. The zero-order valence-corrected chi connectivity index (χ0v) is 17.6. The SMILES string of the molecule is CCCc1cccc(CCC)c1NC(=O)Nc1ccc(Oc2ccc(N)cc2)cc1. The summed E-state index contributed by atoms with van der Waals surface area (Å²) < 4.78 is 5.79. The summed E-state index contributed by atoms with van der Waals surface area (Å²) in [4.78, 5) is 12.6. The van der Waals surface area contributed by atoms with E-state index in [0.717, 1.165) is 31.4 Å². The van der Waals surface area contributed by atoms with Gasteiger partial charge in [-0.15, -0.1) is 0 Å². The van der Waals surface area contributed by atoms with E-state index in [1.807, 2.05) is 36.4 Å². The van der Waals surface area contributed by atoms with E-state index in [0.29, 0.717) is 22.9 Å². The maximum atomic E-state index is 12.6. The van der Waals surface area contributed by atoms with Crippen molar-refractivity contribution in [3.05, 3.63) is 77.9 Å². The molecule has 3 rings (SSSR count). The van der Waals surface area contributed by atoms with Crippen LogP contribution in [0.4, 0.5) is 21.9 Å². The number of nitrogens with two attached hydrogens (primary N) is 1. The van der Waals surface area contributed by atoms with Gasteiger partial charge in [0.1, 0.15) is 11.5 Å². The van der Waals surface area contributed by atoms with Crippen molar-refractivity contribution in [1.82, 2.24) is 0 Å². The molecule has 3 aromatic carbocycles. The summed E-state index contributed by atoms with van der Waals surface area (Å²) in [6, 6.07) is 20.5. The first-order chi connectivity index (χ1) is 14.6. The predicted molar refractivity (Wildman–Crippen MR) is 124 cm³/mol. The van der Waals surface area contributed by atoms with Crippen molar-refractivity contribution in [2.24, 2.45) is 0 Å². The molecule has 5 heteroatoms. The number of hydrogen-bond donors (Lipinski definition) is 3. The number of hydrogen-bond acceptors (Lipinski definition) is 3. The highest BCUT2D eigenvalue weighted by Crippen LogP contribution is 2.26. The van der Waals surface area contributed by atoms with Crippen molar-refractivity contribution in [3.63, 3.8) is 0 Å². The van der Waals surface area contributed by atoms with Crippen LogP contribution in [0.15, 0.2) is 66.7 Å². The molecule has 0 unspecified atom stereocenters. The van der Waals surface area contributed by atoms with Crippen LogP contribution in [0, 0.1) is 0 Å². The molecule has 0 spiro atoms. The van der Waals surface area contributed by atoms with Crippen molar-refractivity contribution in [1.29, 1.82) is 0 Å². The van der Waals surface area contributed by atoms with Crippen LogP contribution in [0.25, 0.3) is 0 Å². The summed E-state index contributed by atoms with van der Waals surface area (Å²) in [5, 5.41) is 5.97. The molecule has 30 heavy (non-hydrogen) atoms. The van der Waals surface area contributed by atoms with Gasteiger partial charge in [0.25, 0.3) is 0 Å². The van der Waals surface area contributed by atoms with Crippen LogP contribution in [0.1, 0.15) is 37.8 Å². The molecule has 0 aliphatic carbocycles. The number of nitrogens with one attached hydrogen (secondary N) is 2. The van der Waals surface area contributed by atoms with E-state index in [9.17, 15) is 4.79 Å². The van der Waals surface area contributed by atoms with E-state index in [-0.39, 0.29) is 6.03 Å². The highest BCUT2D eigenvalue weighted by molar-refractivity contribution is 6.00. The average Bonchev–Trinajstić information content (AvgIpc) is 2.74. The molecule has 0 aromatic heterocycles. The quantitative estimate of drug-likeness (QED) is 0.370. The number of benzene rings is 3. The van der Waals surface area contributed by atoms with Crippen LogP contribution in [0.2, 0.25) is 0 Å². The van der Waals surface area contributed by atoms with E-state index in [1.54, 1.807) is 12.1 Å². The molecule has 0 aliphatic rings. The summed E-state index contributed by atoms with van der Waals surface area (Å²) in [7, 11) is 0. The number of urea groups is 1. The highest BCUT2D eigenvalue weighted by Gasteiger charge is 2.11. The van der Waals surface area contributed by atoms with Crippen LogP contribution in [-0.4, -0.2) is 6.03 Å². The van der Waals surface area contributed by atoms with Crippen LogP contribution in [0.5, 0.6) is 11.5 Å². The Balaban J connectivity index is 1.65. The van der Waals surface area contributed by atoms with Crippen molar-refractivity contribution in [3.8, 4) is 11.5 Å². The van der Waals surface area contributed by atoms with E-state index < -0.39 is 0 Å². The van der Waals surface area contributed by atoms with E-state index in [2.05, 4.69) is 42.7 Å². The predicted octanol–water partition coefficient (Wildman–Crippen LogP) is 6.61. The largest absolute Gasteiger partial charge is 0.457 e. The third kappa shape index (κ3) is 5.77. The fourth-order valence-corrected chi connectivity index (χ4v) is 3.32. The van der Waals surface area contributed by atoms with Gasteiger partial charge in [-0.1, -0.05) is 44.9 Å². The molecule has 3 aromatic rings. The van der Waals surface area contributed by atoms with Gasteiger partial charge in [-0.2, -0.15) is 0 Å². The van der Waals surface area contributed by atoms with E-state index in [1.165, 1.54) is 11.1 Å². The fourth-order valence-electron chi connectivity index (χ4n) is 3.32. The third-order valence-electron chi connectivity index (χ3n) is 4.74. The highest BCUT2D eigenvalue weighted by atomic mass is 16.5. The molecule has 0 saturated heterocycles. The molecule has 5 nitrogen and oxygen atoms in total. The van der Waals surface area contributed by atoms with Crippen LogP contribution < -0.4 is 21.1 Å². The van der Waals surface area contributed by atoms with Crippen LogP contribution >= 0.6 is 0 Å². The Morgan fingerprint density at radius 3 is 1.87 bits per heavy atom. The van der Waals surface area contributed by atoms with Crippen LogP contribution in [0.3, 0.4) is 0 Å². The lowest BCUT2D eigenvalue weighted by Crippen LogP contribution is -2.21. The zero-order chi connectivity index (χ0) is 21.3. The number of carbonyl (C=O) groups is 1. The lowest BCUT2D eigenvalue weighted by atomic mass is 10.0. The van der Waals surface area contributed by atoms with Gasteiger partial charge in [-0.05, 0) is 72.5 Å². The molecule has 156 valence electrons. The molecule has 4 N–H and O–H groups in total. The molecule has 0 fully saturated rings. The topological polar surface area (TPSA) is 76.4 Å². The molecule has 0 aliphatic heterocycles. The Kier molecular flexibility index (Phi) is 7.33. The van der Waals surface area contributed by atoms with E-state index >= 15 is 0 Å². The Morgan fingerprint density at radius 2 is 1.33 bits per heavy atom. The normalized spacial score (nSPS) is 10.5. The lowest BCUT2D eigenvalue weighted by molar-refractivity contribution is 0.262. The summed E-state index contributed by atoms with van der Waals surface area (Å²) in [5.74, 6) is 1.39. The number of nitrogen functional groups attached to an aromatic ring is 1. The molecule has 2 amide bonds. The number of para-hydroxylation sites is 1. The Hall–Kier alpha value is -3.47. The molecule has 0 radical (unpaired) electrons. The number of anilines is 3. The van der Waals surface area contributed by atoms with Gasteiger partial charge in [0.2, 0.25) is 0 Å². The van der Waals surface area contributed by atoms with Crippen molar-refractivity contribution in [2.45, 2.75) is 39.5 Å². The minimum atomic E-state index is -0.247. The van der Waals surface area contributed by atoms with Gasteiger partial charge in [-0.3, -0.25) is 0 Å². The van der Waals surface area contributed by atoms with Crippen LogP contribution in [-0.2, 0) is 12.8 Å². The third-order valence-corrected chi connectivity index (χ3v) is 4.74. The monoisotopic (exact) mass is 403 g/mol. The molecular weight excluding hydrogens is 374 g/mol. The van der Waals surface area contributed by atoms with E-state index in [4.69, 9.17) is 10.5 Å². The number of aryl methyl sites for hydroxylation is 2. The number of amides is 2. The molecular formula is C25H29N3O2. The fraction of sp³-hybridized carbons (Fsp3) is 0.240. The first-order valence-corrected chi connectivity index (χ1v) is 10.4. The van der Waals surface area contributed by atoms with Crippen molar-refractivity contribution >= 4 is 23.1 Å². The Morgan fingerprint density at radius 1 is 0.800 bits per heavy atom. The minimum absolute atomic E-state index is 0.247. The summed E-state index contributed by atoms with van der Waals surface area (Å²) in [6.07, 6.45) is 3.93. The Bertz CT molecular complexity index is 942. The number of ether oxygens (including phenoxy) is 1. The number of rotatable bonds is 8. The summed E-state index contributed by atoms with van der Waals surface area (Å²) >= 11 is 0. The molecule has 0 bridgehead atoms. The number of carbonyl (C=O) groups excluding carboxylic acids is 1. The van der Waals surface area contributed by atoms with Crippen molar-refractivity contribution < 1.29 is 9.53 Å². The smallest absolute Gasteiger partial charge is 0.323 e. The second kappa shape index (κ2) is 10.3. The van der Waals surface area contributed by atoms with Gasteiger partial charge >= 0.3 is 6.03 Å². The van der Waals surface area contributed by atoms with Gasteiger partial charge < -0.3 is 21.1 Å². The second-order valence-corrected chi connectivity index (χ2v) is 7.23. The maximum Gasteiger partial charge on any atom is 0.323 e. The standard InChI is InChI=1S/C25H29N3O2/c1-3-6-18-8-5-9-19(7-4-2)24(18)28-25(29)27-21-12-16-23(17-13-21)30-22-14-10-20(26)11-15-22/h5,8-17H,3-4,6-7,26H2,1-2H3,(H2,27,28,29). The average molecular weight is 404 g/mol. The van der Waals surface area contributed by atoms with Crippen molar-refractivity contribution in [2.75, 3.05) is 16.4 Å². The maximum absolute atomic E-state index is 12.6. The Labute approximate surface area is 178 Å². The zero-order valence-electron chi connectivity index (χ0n) is 17.6. The minimum Gasteiger partial charge on any atom is -0.457 e. The van der Waals surface area contributed by atoms with Gasteiger partial charge in [0.15, 0.2) is 0 Å². The first-order valence-electron chi connectivity index (χ1n) is 10.4. The van der Waals surface area contributed by atoms with Gasteiger partial charge in [0.05, 0.1) is 0 Å².